The van der Waals surface area contributed by atoms with Gasteiger partial charge in [0.05, 0.1) is 0 Å². The summed E-state index contributed by atoms with van der Waals surface area (Å²) in [4.78, 5) is 13.1. The predicted octanol–water partition coefficient (Wildman–Crippen LogP) is 2.97. The third-order valence-corrected chi connectivity index (χ3v) is 3.44. The van der Waals surface area contributed by atoms with Crippen LogP contribution in [0.2, 0.25) is 0 Å². The fourth-order valence-electron chi connectivity index (χ4n) is 1.77. The molecule has 1 aromatic rings. The third-order valence-electron chi connectivity index (χ3n) is 2.91. The van der Waals surface area contributed by atoms with Crippen molar-refractivity contribution in [2.24, 2.45) is 0 Å². The molecule has 1 amide bonds. The van der Waals surface area contributed by atoms with Gasteiger partial charge in [0, 0.05) is 37.6 Å². The van der Waals surface area contributed by atoms with E-state index in [-0.39, 0.29) is 5.91 Å². The van der Waals surface area contributed by atoms with Crippen LogP contribution in [0.5, 0.6) is 0 Å². The molecule has 3 nitrogen and oxygen atoms in total. The first-order chi connectivity index (χ1) is 8.54. The molecule has 0 radical (unpaired) electrons. The first-order valence-corrected chi connectivity index (χ1v) is 7.03. The minimum atomic E-state index is 0.160. The van der Waals surface area contributed by atoms with Crippen LogP contribution in [-0.4, -0.2) is 31.4 Å². The van der Waals surface area contributed by atoms with E-state index in [1.54, 1.807) is 19.0 Å². The van der Waals surface area contributed by atoms with Gasteiger partial charge >= 0.3 is 0 Å². The van der Waals surface area contributed by atoms with Gasteiger partial charge in [-0.05, 0) is 24.1 Å². The van der Waals surface area contributed by atoms with Crippen LogP contribution in [0.15, 0.2) is 28.7 Å². The molecule has 0 spiro atoms. The molecule has 0 saturated heterocycles. The molecule has 1 rings (SSSR count). The molecule has 0 aliphatic rings. The van der Waals surface area contributed by atoms with Gasteiger partial charge in [-0.1, -0.05) is 35.0 Å². The van der Waals surface area contributed by atoms with Gasteiger partial charge in [-0.3, -0.25) is 4.79 Å². The molecular weight excluding hydrogens is 292 g/mol. The van der Waals surface area contributed by atoms with Crippen LogP contribution in [0.3, 0.4) is 0 Å². The van der Waals surface area contributed by atoms with E-state index in [0.29, 0.717) is 19.0 Å². The molecule has 0 aliphatic heterocycles. The van der Waals surface area contributed by atoms with Crippen molar-refractivity contribution in [3.05, 3.63) is 34.3 Å². The zero-order chi connectivity index (χ0) is 13.5. The lowest BCUT2D eigenvalue weighted by molar-refractivity contribution is -0.128. The van der Waals surface area contributed by atoms with E-state index in [1.807, 2.05) is 12.1 Å². The predicted molar refractivity (Wildman–Crippen MR) is 78.5 cm³/mol. The monoisotopic (exact) mass is 312 g/mol. The van der Waals surface area contributed by atoms with Gasteiger partial charge < -0.3 is 10.2 Å². The summed E-state index contributed by atoms with van der Waals surface area (Å²) in [5.41, 5.74) is 1.26. The number of halogens is 1. The standard InChI is InChI=1S/C14H21BrN2O/c1-4-13(11-5-7-12(15)8-6-11)16-10-9-14(18)17(2)3/h5-8,13,16H,4,9-10H2,1-3H3. The number of rotatable bonds is 6. The van der Waals surface area contributed by atoms with E-state index in [9.17, 15) is 4.79 Å². The topological polar surface area (TPSA) is 32.3 Å². The molecule has 1 aromatic carbocycles. The molecule has 0 saturated carbocycles. The minimum absolute atomic E-state index is 0.160. The van der Waals surface area contributed by atoms with E-state index in [1.165, 1.54) is 5.56 Å². The van der Waals surface area contributed by atoms with Crippen molar-refractivity contribution in [2.45, 2.75) is 25.8 Å². The largest absolute Gasteiger partial charge is 0.349 e. The van der Waals surface area contributed by atoms with Gasteiger partial charge in [-0.25, -0.2) is 0 Å². The van der Waals surface area contributed by atoms with E-state index in [2.05, 4.69) is 40.3 Å². The van der Waals surface area contributed by atoms with Gasteiger partial charge in [0.2, 0.25) is 5.91 Å². The maximum absolute atomic E-state index is 11.5. The Morgan fingerprint density at radius 1 is 1.33 bits per heavy atom. The molecule has 100 valence electrons. The number of carbonyl (C=O) groups is 1. The quantitative estimate of drug-likeness (QED) is 0.876. The number of carbonyl (C=O) groups excluding carboxylic acids is 1. The maximum atomic E-state index is 11.5. The highest BCUT2D eigenvalue weighted by atomic mass is 79.9. The summed E-state index contributed by atoms with van der Waals surface area (Å²) in [6, 6.07) is 8.63. The molecular formula is C14H21BrN2O. The number of hydrogen-bond acceptors (Lipinski definition) is 2. The second-order valence-corrected chi connectivity index (χ2v) is 5.42. The summed E-state index contributed by atoms with van der Waals surface area (Å²) >= 11 is 3.43. The van der Waals surface area contributed by atoms with Crippen LogP contribution >= 0.6 is 15.9 Å². The molecule has 1 unspecified atom stereocenters. The molecule has 0 heterocycles. The summed E-state index contributed by atoms with van der Waals surface area (Å²) < 4.78 is 1.09. The number of nitrogens with one attached hydrogen (secondary N) is 1. The Hall–Kier alpha value is -0.870. The Morgan fingerprint density at radius 3 is 2.44 bits per heavy atom. The molecule has 4 heteroatoms. The van der Waals surface area contributed by atoms with E-state index in [4.69, 9.17) is 0 Å². The fraction of sp³-hybridized carbons (Fsp3) is 0.500. The second-order valence-electron chi connectivity index (χ2n) is 4.50. The van der Waals surface area contributed by atoms with E-state index < -0.39 is 0 Å². The van der Waals surface area contributed by atoms with E-state index in [0.717, 1.165) is 10.9 Å². The molecule has 1 N–H and O–H groups in total. The summed E-state index contributed by atoms with van der Waals surface area (Å²) in [5.74, 6) is 0.160. The zero-order valence-electron chi connectivity index (χ0n) is 11.2. The Kier molecular flexibility index (Phi) is 6.36. The SMILES string of the molecule is CCC(NCCC(=O)N(C)C)c1ccc(Br)cc1. The van der Waals surface area contributed by atoms with Gasteiger partial charge in [-0.2, -0.15) is 0 Å². The molecule has 0 aliphatic carbocycles. The fourth-order valence-corrected chi connectivity index (χ4v) is 2.03. The first kappa shape index (κ1) is 15.2. The summed E-state index contributed by atoms with van der Waals surface area (Å²) in [6.45, 7) is 2.86. The van der Waals surface area contributed by atoms with Gasteiger partial charge in [0.1, 0.15) is 0 Å². The number of amides is 1. The van der Waals surface area contributed by atoms with Gasteiger partial charge in [0.25, 0.3) is 0 Å². The smallest absolute Gasteiger partial charge is 0.223 e. The zero-order valence-corrected chi connectivity index (χ0v) is 12.8. The lowest BCUT2D eigenvalue weighted by Gasteiger charge is -2.18. The Morgan fingerprint density at radius 2 is 1.94 bits per heavy atom. The van der Waals surface area contributed by atoms with Crippen molar-refractivity contribution in [1.29, 1.82) is 0 Å². The van der Waals surface area contributed by atoms with Crippen molar-refractivity contribution >= 4 is 21.8 Å². The van der Waals surface area contributed by atoms with E-state index >= 15 is 0 Å². The lowest BCUT2D eigenvalue weighted by Crippen LogP contribution is -2.28. The molecule has 1 atom stereocenters. The number of benzene rings is 1. The normalized spacial score (nSPS) is 12.2. The highest BCUT2D eigenvalue weighted by molar-refractivity contribution is 9.10. The average molecular weight is 313 g/mol. The Balaban J connectivity index is 2.47. The Bertz CT molecular complexity index is 376. The number of nitrogens with zero attached hydrogens (tertiary/aromatic N) is 1. The number of hydrogen-bond donors (Lipinski definition) is 1. The van der Waals surface area contributed by atoms with Crippen LogP contribution in [0.25, 0.3) is 0 Å². The van der Waals surface area contributed by atoms with Crippen LogP contribution in [-0.2, 0) is 4.79 Å². The second kappa shape index (κ2) is 7.54. The van der Waals surface area contributed by atoms with Crippen molar-refractivity contribution < 1.29 is 4.79 Å². The van der Waals surface area contributed by atoms with Crippen molar-refractivity contribution in [3.63, 3.8) is 0 Å². The lowest BCUT2D eigenvalue weighted by atomic mass is 10.0. The highest BCUT2D eigenvalue weighted by Gasteiger charge is 2.09. The maximum Gasteiger partial charge on any atom is 0.223 e. The van der Waals surface area contributed by atoms with Crippen LogP contribution in [0.1, 0.15) is 31.4 Å². The Labute approximate surface area is 118 Å². The summed E-state index contributed by atoms with van der Waals surface area (Å²) in [7, 11) is 3.57. The van der Waals surface area contributed by atoms with Crippen molar-refractivity contribution in [1.82, 2.24) is 10.2 Å². The summed E-state index contributed by atoms with van der Waals surface area (Å²) in [5, 5.41) is 3.43. The van der Waals surface area contributed by atoms with Crippen molar-refractivity contribution in [3.8, 4) is 0 Å². The van der Waals surface area contributed by atoms with Crippen LogP contribution in [0.4, 0.5) is 0 Å². The van der Waals surface area contributed by atoms with Gasteiger partial charge in [-0.15, -0.1) is 0 Å². The van der Waals surface area contributed by atoms with Crippen LogP contribution < -0.4 is 5.32 Å². The van der Waals surface area contributed by atoms with Gasteiger partial charge in [0.15, 0.2) is 0 Å². The summed E-state index contributed by atoms with van der Waals surface area (Å²) in [6.07, 6.45) is 1.55. The minimum Gasteiger partial charge on any atom is -0.349 e. The van der Waals surface area contributed by atoms with Crippen molar-refractivity contribution in [2.75, 3.05) is 20.6 Å². The molecule has 0 fully saturated rings. The van der Waals surface area contributed by atoms with Crippen LogP contribution in [0, 0.1) is 0 Å². The highest BCUT2D eigenvalue weighted by Crippen LogP contribution is 2.19. The first-order valence-electron chi connectivity index (χ1n) is 6.23. The molecule has 0 bridgehead atoms. The third kappa shape index (κ3) is 4.78. The average Bonchev–Trinajstić information content (AvgIpc) is 2.35. The molecule has 18 heavy (non-hydrogen) atoms. The molecule has 0 aromatic heterocycles.